The van der Waals surface area contributed by atoms with Crippen molar-refractivity contribution >= 4 is 28.2 Å². The van der Waals surface area contributed by atoms with Crippen LogP contribution in [0.15, 0.2) is 91.1 Å². The number of likely N-dealkylation sites (N-methyl/N-ethyl adjacent to an activating group) is 2. The first-order chi connectivity index (χ1) is 24.9. The van der Waals surface area contributed by atoms with Gasteiger partial charge in [0.25, 0.3) is 0 Å². The van der Waals surface area contributed by atoms with Crippen LogP contribution in [-0.2, 0) is 11.8 Å². The standard InChI is InChI=1S/C42H42N6O3/c1-46-17-19-48(20-18-46)28-6-3-5-27(21-28)44-41-43-24-32-29(7-4-8-34(32)45-41)25-9-11-26(12-10-25)30-23-37(50)39-38-31(30)22-35-33-13-14-36(49)40(51-39)42(33,38)15-16-47(35)2/h3-14,21,23-24,33,35-36,40,49-50H,15-20,22H2,1-2H3,(H,43,44,45)/t33-,35+,36-,40-,42-/m0/s1. The number of aliphatic hydroxyl groups excluding tert-OH is 1. The van der Waals surface area contributed by atoms with E-state index in [4.69, 9.17) is 14.7 Å². The number of piperidine rings is 1. The van der Waals surface area contributed by atoms with Gasteiger partial charge >= 0.3 is 0 Å². The van der Waals surface area contributed by atoms with Crippen LogP contribution < -0.4 is 15.0 Å². The summed E-state index contributed by atoms with van der Waals surface area (Å²) in [5.41, 5.74) is 9.32. The number of ether oxygens (including phenoxy) is 1. The van der Waals surface area contributed by atoms with Gasteiger partial charge in [0.05, 0.1) is 5.52 Å². The first kappa shape index (κ1) is 30.8. The van der Waals surface area contributed by atoms with Gasteiger partial charge in [-0.15, -0.1) is 0 Å². The fraction of sp³-hybridized carbons (Fsp3) is 0.333. The first-order valence-electron chi connectivity index (χ1n) is 18.2. The number of nitrogens with one attached hydrogen (secondary N) is 1. The summed E-state index contributed by atoms with van der Waals surface area (Å²) < 4.78 is 6.45. The van der Waals surface area contributed by atoms with Gasteiger partial charge in [0, 0.05) is 72.1 Å². The van der Waals surface area contributed by atoms with E-state index in [9.17, 15) is 10.2 Å². The molecule has 51 heavy (non-hydrogen) atoms. The van der Waals surface area contributed by atoms with Gasteiger partial charge in [-0.25, -0.2) is 9.97 Å². The van der Waals surface area contributed by atoms with Crippen molar-refractivity contribution in [2.24, 2.45) is 5.92 Å². The van der Waals surface area contributed by atoms with E-state index in [1.165, 1.54) is 11.3 Å². The number of likely N-dealkylation sites (tertiary alicyclic amines) is 1. The van der Waals surface area contributed by atoms with Crippen molar-refractivity contribution in [2.45, 2.75) is 36.5 Å². The molecule has 0 unspecified atom stereocenters. The molecule has 4 heterocycles. The zero-order chi connectivity index (χ0) is 34.4. The molecule has 1 spiro atoms. The van der Waals surface area contributed by atoms with E-state index in [0.29, 0.717) is 17.7 Å². The number of nitrogens with zero attached hydrogens (tertiary/aromatic N) is 5. The summed E-state index contributed by atoms with van der Waals surface area (Å²) in [6.45, 7) is 5.10. The van der Waals surface area contributed by atoms with E-state index < -0.39 is 6.10 Å². The van der Waals surface area contributed by atoms with Crippen LogP contribution in [0.4, 0.5) is 17.3 Å². The predicted molar refractivity (Wildman–Crippen MR) is 201 cm³/mol. The highest BCUT2D eigenvalue weighted by atomic mass is 16.5. The summed E-state index contributed by atoms with van der Waals surface area (Å²) in [5, 5.41) is 26.9. The summed E-state index contributed by atoms with van der Waals surface area (Å²) in [5.74, 6) is 1.53. The maximum atomic E-state index is 11.4. The van der Waals surface area contributed by atoms with E-state index in [1.54, 1.807) is 0 Å². The summed E-state index contributed by atoms with van der Waals surface area (Å²) in [4.78, 5) is 16.9. The normalized spacial score (nSPS) is 26.6. The summed E-state index contributed by atoms with van der Waals surface area (Å²) >= 11 is 0. The predicted octanol–water partition coefficient (Wildman–Crippen LogP) is 5.97. The largest absolute Gasteiger partial charge is 0.504 e. The number of rotatable bonds is 5. The van der Waals surface area contributed by atoms with Gasteiger partial charge in [-0.3, -0.25) is 0 Å². The van der Waals surface area contributed by atoms with Crippen LogP contribution in [-0.4, -0.2) is 95.0 Å². The van der Waals surface area contributed by atoms with Crippen molar-refractivity contribution in [1.82, 2.24) is 19.8 Å². The van der Waals surface area contributed by atoms with Crippen molar-refractivity contribution in [3.05, 3.63) is 102 Å². The lowest BCUT2D eigenvalue weighted by Gasteiger charge is -2.56. The lowest BCUT2D eigenvalue weighted by molar-refractivity contribution is -0.0452. The number of phenols is 1. The molecule has 9 nitrogen and oxygen atoms in total. The zero-order valence-corrected chi connectivity index (χ0v) is 29.0. The van der Waals surface area contributed by atoms with Gasteiger partial charge in [0.15, 0.2) is 11.5 Å². The van der Waals surface area contributed by atoms with Crippen LogP contribution >= 0.6 is 0 Å². The molecule has 5 atom stereocenters. The van der Waals surface area contributed by atoms with Crippen LogP contribution in [0.5, 0.6) is 11.5 Å². The molecule has 5 aliphatic rings. The van der Waals surface area contributed by atoms with E-state index in [1.807, 2.05) is 30.5 Å². The number of aromatic hydroxyl groups is 1. The Balaban J connectivity index is 0.958. The third-order valence-corrected chi connectivity index (χ3v) is 12.4. The SMILES string of the molecule is CN1CCN(c2cccc(Nc3ncc4c(-c5ccc(-c6cc(O)c7c8c6C[C@@H]6[C@@H]9C=C[C@H](O)[C@H](O7)[C@]89CCN6C)cc5)cccc4n3)c2)CC1. The van der Waals surface area contributed by atoms with Gasteiger partial charge in [-0.05, 0) is 91.6 Å². The molecule has 3 aliphatic heterocycles. The number of piperazine rings is 1. The Hall–Kier alpha value is -4.96. The lowest BCUT2D eigenvalue weighted by atomic mass is 9.53. The third-order valence-electron chi connectivity index (χ3n) is 12.4. The molecule has 258 valence electrons. The molecule has 4 aromatic carbocycles. The van der Waals surface area contributed by atoms with Crippen LogP contribution in [0, 0.1) is 5.92 Å². The number of aromatic nitrogens is 2. The Morgan fingerprint density at radius 3 is 2.49 bits per heavy atom. The Labute approximate surface area is 297 Å². The van der Waals surface area contributed by atoms with Crippen LogP contribution in [0.1, 0.15) is 17.5 Å². The van der Waals surface area contributed by atoms with E-state index in [2.05, 4.69) is 94.8 Å². The Bertz CT molecular complexity index is 2210. The van der Waals surface area contributed by atoms with E-state index in [-0.39, 0.29) is 23.2 Å². The number of anilines is 3. The van der Waals surface area contributed by atoms with Crippen LogP contribution in [0.3, 0.4) is 0 Å². The molecule has 2 fully saturated rings. The third kappa shape index (κ3) is 4.71. The number of fused-ring (bicyclic) bond motifs is 1. The molecule has 9 heteroatoms. The van der Waals surface area contributed by atoms with Gasteiger partial charge < -0.3 is 35.0 Å². The van der Waals surface area contributed by atoms with Gasteiger partial charge in [0.2, 0.25) is 5.95 Å². The second-order valence-electron chi connectivity index (χ2n) is 15.1. The number of aliphatic hydroxyl groups is 1. The van der Waals surface area contributed by atoms with Gasteiger partial charge in [-0.1, -0.05) is 54.6 Å². The second kappa shape index (κ2) is 11.5. The molecule has 2 bridgehead atoms. The average molecular weight is 679 g/mol. The maximum absolute atomic E-state index is 11.4. The second-order valence-corrected chi connectivity index (χ2v) is 15.1. The molecule has 5 aromatic rings. The minimum Gasteiger partial charge on any atom is -0.504 e. The highest BCUT2D eigenvalue weighted by Gasteiger charge is 2.64. The van der Waals surface area contributed by atoms with Gasteiger partial charge in [-0.2, -0.15) is 0 Å². The molecule has 0 saturated carbocycles. The molecule has 3 N–H and O–H groups in total. The smallest absolute Gasteiger partial charge is 0.227 e. The van der Waals surface area contributed by atoms with E-state index >= 15 is 0 Å². The monoisotopic (exact) mass is 678 g/mol. The zero-order valence-electron chi connectivity index (χ0n) is 29.0. The van der Waals surface area contributed by atoms with Crippen LogP contribution in [0.2, 0.25) is 0 Å². The highest BCUT2D eigenvalue weighted by molar-refractivity contribution is 5.95. The van der Waals surface area contributed by atoms with Crippen molar-refractivity contribution in [1.29, 1.82) is 0 Å². The van der Waals surface area contributed by atoms with Crippen molar-refractivity contribution in [3.8, 4) is 33.8 Å². The maximum Gasteiger partial charge on any atom is 0.227 e. The molecule has 2 aliphatic carbocycles. The number of hydrogen-bond acceptors (Lipinski definition) is 9. The molecule has 2 saturated heterocycles. The minimum atomic E-state index is -0.694. The molecular formula is C42H42N6O3. The van der Waals surface area contributed by atoms with Crippen molar-refractivity contribution in [3.63, 3.8) is 0 Å². The van der Waals surface area contributed by atoms with Crippen LogP contribution in [0.25, 0.3) is 33.2 Å². The van der Waals surface area contributed by atoms with E-state index in [0.717, 1.165) is 90.0 Å². The molecule has 0 amide bonds. The van der Waals surface area contributed by atoms with Crippen molar-refractivity contribution < 1.29 is 14.9 Å². The van der Waals surface area contributed by atoms with Gasteiger partial charge in [0.1, 0.15) is 12.2 Å². The summed E-state index contributed by atoms with van der Waals surface area (Å²) in [6, 6.07) is 25.5. The Morgan fingerprint density at radius 2 is 1.67 bits per heavy atom. The summed E-state index contributed by atoms with van der Waals surface area (Å²) in [6.07, 6.45) is 6.71. The molecule has 0 radical (unpaired) electrons. The molecule has 1 aromatic heterocycles. The Morgan fingerprint density at radius 1 is 0.882 bits per heavy atom. The summed E-state index contributed by atoms with van der Waals surface area (Å²) in [7, 11) is 4.38. The minimum absolute atomic E-state index is 0.154. The quantitative estimate of drug-likeness (QED) is 0.194. The molecular weight excluding hydrogens is 637 g/mol. The number of phenolic OH excluding ortho intramolecular Hbond substituents is 1. The fourth-order valence-corrected chi connectivity index (χ4v) is 9.75. The topological polar surface area (TPSA) is 97.2 Å². The average Bonchev–Trinajstić information content (AvgIpc) is 3.51. The molecule has 10 rings (SSSR count). The fourth-order valence-electron chi connectivity index (χ4n) is 9.75. The van der Waals surface area contributed by atoms with Crippen molar-refractivity contribution in [2.75, 3.05) is 57.0 Å². The first-order valence-corrected chi connectivity index (χ1v) is 18.2. The number of hydrogen-bond donors (Lipinski definition) is 3. The number of benzene rings is 4. The highest BCUT2D eigenvalue weighted by Crippen LogP contribution is 2.63. The Kier molecular flexibility index (Phi) is 6.97. The lowest BCUT2D eigenvalue weighted by Crippen LogP contribution is -2.64.